The summed E-state index contributed by atoms with van der Waals surface area (Å²) in [4.78, 5) is 29.3. The van der Waals surface area contributed by atoms with Gasteiger partial charge in [-0.15, -0.1) is 0 Å². The first-order chi connectivity index (χ1) is 19.2. The van der Waals surface area contributed by atoms with Crippen molar-refractivity contribution in [2.45, 2.75) is 45.3 Å². The number of hydrogen-bond acceptors (Lipinski definition) is 5. The zero-order valence-electron chi connectivity index (χ0n) is 23.7. The smallest absolute Gasteiger partial charge is 0.244 e. The Morgan fingerprint density at radius 2 is 1.59 bits per heavy atom. The predicted octanol–water partition coefficient (Wildman–Crippen LogP) is 5.32. The fraction of sp³-hybridized carbons (Fsp3) is 0.333. The Kier molecular flexibility index (Phi) is 10.7. The Hall–Kier alpha value is -3.27. The second kappa shape index (κ2) is 13.6. The molecule has 220 valence electrons. The second-order valence-corrected chi connectivity index (χ2v) is 13.4. The fourth-order valence-corrected chi connectivity index (χ4v) is 5.53. The number of halogens is 2. The number of nitrogens with zero attached hydrogens (tertiary/aromatic N) is 2. The molecule has 1 unspecified atom stereocenters. The van der Waals surface area contributed by atoms with Crippen LogP contribution >= 0.6 is 23.2 Å². The molecule has 0 saturated heterocycles. The van der Waals surface area contributed by atoms with Gasteiger partial charge in [0, 0.05) is 23.5 Å². The molecule has 0 spiro atoms. The van der Waals surface area contributed by atoms with E-state index < -0.39 is 34.1 Å². The molecule has 3 rings (SSSR count). The van der Waals surface area contributed by atoms with Gasteiger partial charge in [0.15, 0.2) is 0 Å². The number of carbonyl (C=O) groups is 2. The highest BCUT2D eigenvalue weighted by Gasteiger charge is 2.34. The quantitative estimate of drug-likeness (QED) is 0.313. The van der Waals surface area contributed by atoms with Gasteiger partial charge < -0.3 is 15.0 Å². The van der Waals surface area contributed by atoms with E-state index in [0.29, 0.717) is 16.3 Å². The molecule has 0 aliphatic heterocycles. The molecule has 3 aromatic carbocycles. The van der Waals surface area contributed by atoms with Gasteiger partial charge in [0.2, 0.25) is 21.8 Å². The Bertz CT molecular complexity index is 1480. The predicted molar refractivity (Wildman–Crippen MR) is 164 cm³/mol. The molecule has 41 heavy (non-hydrogen) atoms. The molecule has 3 aromatic rings. The van der Waals surface area contributed by atoms with Gasteiger partial charge in [-0.1, -0.05) is 71.7 Å². The highest BCUT2D eigenvalue weighted by molar-refractivity contribution is 7.92. The van der Waals surface area contributed by atoms with Crippen LogP contribution in [-0.4, -0.2) is 56.6 Å². The van der Waals surface area contributed by atoms with Gasteiger partial charge >= 0.3 is 0 Å². The van der Waals surface area contributed by atoms with Crippen LogP contribution < -0.4 is 14.4 Å². The van der Waals surface area contributed by atoms with Gasteiger partial charge in [0.25, 0.3) is 0 Å². The Labute approximate surface area is 252 Å². The standard InChI is InChI=1S/C30H35Cl2N3O5S/c1-30(2,3)33-29(37)26(17-21-11-7-6-8-12-21)34(19-22-13-9-10-14-24(22)31)28(36)20-35(41(5,38)39)23-15-16-27(40-4)25(32)18-23/h6-16,18,26H,17,19-20H2,1-5H3,(H,33,37). The Morgan fingerprint density at radius 3 is 2.15 bits per heavy atom. The monoisotopic (exact) mass is 619 g/mol. The first kappa shape index (κ1) is 32.2. The molecule has 0 aliphatic carbocycles. The van der Waals surface area contributed by atoms with E-state index in [1.807, 2.05) is 51.1 Å². The van der Waals surface area contributed by atoms with E-state index in [4.69, 9.17) is 27.9 Å². The summed E-state index contributed by atoms with van der Waals surface area (Å²) in [6, 6.07) is 19.8. The van der Waals surface area contributed by atoms with Crippen LogP contribution in [0.15, 0.2) is 72.8 Å². The minimum Gasteiger partial charge on any atom is -0.495 e. The summed E-state index contributed by atoms with van der Waals surface area (Å²) in [6.45, 7) is 4.96. The van der Waals surface area contributed by atoms with E-state index in [2.05, 4.69) is 5.32 Å². The summed E-state index contributed by atoms with van der Waals surface area (Å²) in [5.41, 5.74) is 1.05. The van der Waals surface area contributed by atoms with Crippen LogP contribution in [0, 0.1) is 0 Å². The number of benzene rings is 3. The summed E-state index contributed by atoms with van der Waals surface area (Å²) >= 11 is 12.8. The van der Waals surface area contributed by atoms with Crippen molar-refractivity contribution in [1.29, 1.82) is 0 Å². The summed E-state index contributed by atoms with van der Waals surface area (Å²) in [6.07, 6.45) is 1.21. The highest BCUT2D eigenvalue weighted by Crippen LogP contribution is 2.30. The molecule has 0 aliphatic rings. The number of ether oxygens (including phenoxy) is 1. The lowest BCUT2D eigenvalue weighted by Gasteiger charge is -2.35. The van der Waals surface area contributed by atoms with Crippen LogP contribution in [0.4, 0.5) is 5.69 Å². The molecule has 2 amide bonds. The van der Waals surface area contributed by atoms with E-state index in [1.165, 1.54) is 30.2 Å². The molecule has 1 atom stereocenters. The first-order valence-corrected chi connectivity index (χ1v) is 15.5. The maximum atomic E-state index is 14.1. The number of nitrogens with one attached hydrogen (secondary N) is 1. The number of carbonyl (C=O) groups excluding carboxylic acids is 2. The number of rotatable bonds is 11. The molecule has 0 bridgehead atoms. The Balaban J connectivity index is 2.09. The molecular weight excluding hydrogens is 585 g/mol. The zero-order chi connectivity index (χ0) is 30.4. The van der Waals surface area contributed by atoms with Crippen molar-refractivity contribution in [3.63, 3.8) is 0 Å². The molecule has 0 radical (unpaired) electrons. The molecule has 0 aromatic heterocycles. The van der Waals surface area contributed by atoms with Crippen molar-refractivity contribution in [1.82, 2.24) is 10.2 Å². The molecule has 0 saturated carbocycles. The van der Waals surface area contributed by atoms with Crippen LogP contribution in [0.25, 0.3) is 0 Å². The summed E-state index contributed by atoms with van der Waals surface area (Å²) in [5, 5.41) is 3.59. The molecule has 0 fully saturated rings. The first-order valence-electron chi connectivity index (χ1n) is 12.9. The molecule has 8 nitrogen and oxygen atoms in total. The molecule has 0 heterocycles. The van der Waals surface area contributed by atoms with Crippen LogP contribution in [0.3, 0.4) is 0 Å². The summed E-state index contributed by atoms with van der Waals surface area (Å²) in [7, 11) is -2.49. The van der Waals surface area contributed by atoms with Crippen molar-refractivity contribution >= 4 is 50.7 Å². The third-order valence-corrected chi connectivity index (χ3v) is 7.98. The van der Waals surface area contributed by atoms with Crippen molar-refractivity contribution < 1.29 is 22.7 Å². The number of sulfonamides is 1. The SMILES string of the molecule is COc1ccc(N(CC(=O)N(Cc2ccccc2Cl)C(Cc2ccccc2)C(=O)NC(C)(C)C)S(C)(=O)=O)cc1Cl. The van der Waals surface area contributed by atoms with Crippen LogP contribution in [0.2, 0.25) is 10.0 Å². The van der Waals surface area contributed by atoms with Gasteiger partial charge in [-0.3, -0.25) is 13.9 Å². The van der Waals surface area contributed by atoms with Gasteiger partial charge in [-0.25, -0.2) is 8.42 Å². The summed E-state index contributed by atoms with van der Waals surface area (Å²) < 4.78 is 32.0. The number of methoxy groups -OCH3 is 1. The average Bonchev–Trinajstić information content (AvgIpc) is 2.89. The van der Waals surface area contributed by atoms with Gasteiger partial charge in [0.1, 0.15) is 18.3 Å². The van der Waals surface area contributed by atoms with Crippen molar-refractivity contribution in [3.8, 4) is 5.75 Å². The van der Waals surface area contributed by atoms with Crippen molar-refractivity contribution in [2.75, 3.05) is 24.2 Å². The number of hydrogen-bond donors (Lipinski definition) is 1. The normalized spacial score (nSPS) is 12.4. The largest absolute Gasteiger partial charge is 0.495 e. The maximum Gasteiger partial charge on any atom is 0.244 e. The minimum atomic E-state index is -3.94. The zero-order valence-corrected chi connectivity index (χ0v) is 26.1. The van der Waals surface area contributed by atoms with E-state index in [1.54, 1.807) is 24.3 Å². The second-order valence-electron chi connectivity index (χ2n) is 10.6. The lowest BCUT2D eigenvalue weighted by Crippen LogP contribution is -2.56. The lowest BCUT2D eigenvalue weighted by atomic mass is 10.0. The van der Waals surface area contributed by atoms with Crippen molar-refractivity contribution in [2.24, 2.45) is 0 Å². The molecule has 1 N–H and O–H groups in total. The van der Waals surface area contributed by atoms with Crippen LogP contribution in [0.5, 0.6) is 5.75 Å². The average molecular weight is 621 g/mol. The highest BCUT2D eigenvalue weighted by atomic mass is 35.5. The van der Waals surface area contributed by atoms with Gasteiger partial charge in [-0.2, -0.15) is 0 Å². The van der Waals surface area contributed by atoms with E-state index >= 15 is 0 Å². The van der Waals surface area contributed by atoms with E-state index in [0.717, 1.165) is 16.1 Å². The number of amides is 2. The lowest BCUT2D eigenvalue weighted by molar-refractivity contribution is -0.140. The van der Waals surface area contributed by atoms with E-state index in [-0.39, 0.29) is 29.6 Å². The third kappa shape index (κ3) is 9.11. The fourth-order valence-electron chi connectivity index (χ4n) is 4.24. The minimum absolute atomic E-state index is 0.0193. The van der Waals surface area contributed by atoms with Crippen LogP contribution in [-0.2, 0) is 32.6 Å². The van der Waals surface area contributed by atoms with Gasteiger partial charge in [0.05, 0.1) is 24.1 Å². The van der Waals surface area contributed by atoms with E-state index in [9.17, 15) is 18.0 Å². The van der Waals surface area contributed by atoms with Gasteiger partial charge in [-0.05, 0) is 56.2 Å². The van der Waals surface area contributed by atoms with Crippen LogP contribution in [0.1, 0.15) is 31.9 Å². The number of anilines is 1. The molecule has 11 heteroatoms. The molecular formula is C30H35Cl2N3O5S. The summed E-state index contributed by atoms with van der Waals surface area (Å²) in [5.74, 6) is -0.607. The third-order valence-electron chi connectivity index (χ3n) is 6.17. The Morgan fingerprint density at radius 1 is 0.951 bits per heavy atom. The maximum absolute atomic E-state index is 14.1. The van der Waals surface area contributed by atoms with Crippen molar-refractivity contribution in [3.05, 3.63) is 94.0 Å². The topological polar surface area (TPSA) is 96.0 Å².